The predicted octanol–water partition coefficient (Wildman–Crippen LogP) is 1.52. The molecule has 0 radical (unpaired) electrons. The van der Waals surface area contributed by atoms with E-state index in [4.69, 9.17) is 21.5 Å². The normalized spacial score (nSPS) is 15.4. The minimum Gasteiger partial charge on any atom is -0.379 e. The third-order valence-corrected chi connectivity index (χ3v) is 4.74. The van der Waals surface area contributed by atoms with Crippen LogP contribution in [0.5, 0.6) is 0 Å². The highest BCUT2D eigenvalue weighted by Gasteiger charge is 2.12. The number of morpholine rings is 1. The number of nitrogens with zero attached hydrogens (tertiary/aromatic N) is 4. The van der Waals surface area contributed by atoms with Gasteiger partial charge in [0.15, 0.2) is 10.9 Å². The summed E-state index contributed by atoms with van der Waals surface area (Å²) in [7, 11) is 0. The molecule has 0 unspecified atom stereocenters. The van der Waals surface area contributed by atoms with Crippen molar-refractivity contribution in [3.63, 3.8) is 0 Å². The van der Waals surface area contributed by atoms with Gasteiger partial charge in [0, 0.05) is 49.2 Å². The molecule has 3 heterocycles. The third kappa shape index (κ3) is 5.15. The fraction of sp³-hybridized carbons (Fsp3) is 0.500. The Morgan fingerprint density at radius 3 is 2.78 bits per heavy atom. The van der Waals surface area contributed by atoms with Crippen LogP contribution in [0.15, 0.2) is 21.8 Å². The minimum atomic E-state index is 0.514. The van der Waals surface area contributed by atoms with Crippen LogP contribution in [0.3, 0.4) is 0 Å². The summed E-state index contributed by atoms with van der Waals surface area (Å²) in [5.74, 6) is 1.55. The Labute approximate surface area is 164 Å². The van der Waals surface area contributed by atoms with Gasteiger partial charge in [-0.2, -0.15) is 5.10 Å². The average Bonchev–Trinajstić information content (AvgIpc) is 3.19. The summed E-state index contributed by atoms with van der Waals surface area (Å²) in [6, 6.07) is 3.96. The lowest BCUT2D eigenvalue weighted by Gasteiger charge is -2.26. The van der Waals surface area contributed by atoms with Gasteiger partial charge in [-0.15, -0.1) is 0 Å². The van der Waals surface area contributed by atoms with Crippen LogP contribution in [-0.4, -0.2) is 65.3 Å². The standard InChI is InChI=1S/C18H26N6O2S/c1-13-10-16(15(3)24(13)17-11-14(2)26-22-17)12-20-21-18(27)19-4-5-23-6-8-25-9-7-23/h10-12H,4-9H2,1-3H3,(H2,19,21,27). The predicted molar refractivity (Wildman–Crippen MR) is 109 cm³/mol. The van der Waals surface area contributed by atoms with Crippen molar-refractivity contribution in [1.82, 2.24) is 25.4 Å². The maximum absolute atomic E-state index is 5.34. The zero-order valence-corrected chi connectivity index (χ0v) is 16.8. The molecule has 2 aromatic heterocycles. The molecule has 1 aliphatic rings. The Hall–Kier alpha value is -2.23. The molecule has 1 saturated heterocycles. The first-order valence-corrected chi connectivity index (χ1v) is 9.45. The highest BCUT2D eigenvalue weighted by Crippen LogP contribution is 2.19. The van der Waals surface area contributed by atoms with Crippen molar-refractivity contribution in [2.45, 2.75) is 20.8 Å². The molecule has 0 aromatic carbocycles. The molecule has 0 bridgehead atoms. The Bertz CT molecular complexity index is 807. The highest BCUT2D eigenvalue weighted by molar-refractivity contribution is 7.80. The van der Waals surface area contributed by atoms with Crippen molar-refractivity contribution in [2.75, 3.05) is 39.4 Å². The maximum Gasteiger partial charge on any atom is 0.187 e. The SMILES string of the molecule is Cc1cc(-n2c(C)cc(C=NNC(=S)NCCN3CCOCC3)c2C)no1. The van der Waals surface area contributed by atoms with Gasteiger partial charge in [-0.3, -0.25) is 14.9 Å². The summed E-state index contributed by atoms with van der Waals surface area (Å²) in [6.45, 7) is 11.2. The first-order valence-electron chi connectivity index (χ1n) is 9.04. The van der Waals surface area contributed by atoms with E-state index in [0.717, 1.165) is 67.9 Å². The lowest BCUT2D eigenvalue weighted by molar-refractivity contribution is 0.0389. The molecule has 27 heavy (non-hydrogen) atoms. The van der Waals surface area contributed by atoms with Gasteiger partial charge >= 0.3 is 0 Å². The first-order chi connectivity index (χ1) is 13.0. The van der Waals surface area contributed by atoms with Gasteiger partial charge in [0.2, 0.25) is 0 Å². The van der Waals surface area contributed by atoms with Crippen molar-refractivity contribution in [3.05, 3.63) is 34.8 Å². The van der Waals surface area contributed by atoms with Gasteiger partial charge < -0.3 is 14.6 Å². The molecule has 0 saturated carbocycles. The molecule has 8 nitrogen and oxygen atoms in total. The van der Waals surface area contributed by atoms with Gasteiger partial charge in [0.25, 0.3) is 0 Å². The van der Waals surface area contributed by atoms with E-state index in [0.29, 0.717) is 5.11 Å². The number of thiocarbonyl (C=S) groups is 1. The summed E-state index contributed by atoms with van der Waals surface area (Å²) in [5.41, 5.74) is 5.97. The van der Waals surface area contributed by atoms with Gasteiger partial charge in [0.05, 0.1) is 19.4 Å². The number of ether oxygens (including phenoxy) is 1. The van der Waals surface area contributed by atoms with E-state index in [1.807, 2.05) is 31.4 Å². The monoisotopic (exact) mass is 390 g/mol. The van der Waals surface area contributed by atoms with Crippen LogP contribution in [-0.2, 0) is 4.74 Å². The summed E-state index contributed by atoms with van der Waals surface area (Å²) in [5, 5.41) is 12.0. The topological polar surface area (TPSA) is 79.9 Å². The molecule has 2 N–H and O–H groups in total. The van der Waals surface area contributed by atoms with Gasteiger partial charge in [-0.1, -0.05) is 5.16 Å². The minimum absolute atomic E-state index is 0.514. The van der Waals surface area contributed by atoms with E-state index in [1.165, 1.54) is 0 Å². The number of aryl methyl sites for hydroxylation is 2. The van der Waals surface area contributed by atoms with Crippen molar-refractivity contribution >= 4 is 23.5 Å². The molecule has 0 spiro atoms. The quantitative estimate of drug-likeness (QED) is 0.440. The molecule has 0 amide bonds. The largest absolute Gasteiger partial charge is 0.379 e. The molecule has 9 heteroatoms. The fourth-order valence-electron chi connectivity index (χ4n) is 3.08. The Kier molecular flexibility index (Phi) is 6.59. The van der Waals surface area contributed by atoms with Crippen LogP contribution in [0.4, 0.5) is 0 Å². The van der Waals surface area contributed by atoms with E-state index in [1.54, 1.807) is 6.21 Å². The summed E-state index contributed by atoms with van der Waals surface area (Å²) in [4.78, 5) is 2.35. The smallest absolute Gasteiger partial charge is 0.187 e. The van der Waals surface area contributed by atoms with Gasteiger partial charge in [-0.25, -0.2) is 0 Å². The van der Waals surface area contributed by atoms with E-state index in [2.05, 4.69) is 32.0 Å². The number of hydrazone groups is 1. The summed E-state index contributed by atoms with van der Waals surface area (Å²) < 4.78 is 12.6. The molecule has 146 valence electrons. The molecular weight excluding hydrogens is 364 g/mol. The highest BCUT2D eigenvalue weighted by atomic mass is 32.1. The molecule has 0 atom stereocenters. The van der Waals surface area contributed by atoms with E-state index in [-0.39, 0.29) is 0 Å². The second kappa shape index (κ2) is 9.12. The lowest BCUT2D eigenvalue weighted by Crippen LogP contribution is -2.42. The molecule has 0 aliphatic carbocycles. The lowest BCUT2D eigenvalue weighted by atomic mass is 10.3. The zero-order chi connectivity index (χ0) is 19.2. The van der Waals surface area contributed by atoms with E-state index < -0.39 is 0 Å². The molecule has 3 rings (SSSR count). The number of nitrogens with one attached hydrogen (secondary N) is 2. The van der Waals surface area contributed by atoms with E-state index in [9.17, 15) is 0 Å². The maximum atomic E-state index is 5.34. The fourth-order valence-corrected chi connectivity index (χ4v) is 3.24. The Morgan fingerprint density at radius 1 is 1.30 bits per heavy atom. The second-order valence-electron chi connectivity index (χ2n) is 6.54. The van der Waals surface area contributed by atoms with Crippen LogP contribution in [0.2, 0.25) is 0 Å². The number of hydrogen-bond acceptors (Lipinski definition) is 6. The van der Waals surface area contributed by atoms with Crippen molar-refractivity contribution in [3.8, 4) is 5.82 Å². The molecular formula is C18H26N6O2S. The summed E-state index contributed by atoms with van der Waals surface area (Å²) >= 11 is 5.27. The van der Waals surface area contributed by atoms with Crippen LogP contribution in [0, 0.1) is 20.8 Å². The summed E-state index contributed by atoms with van der Waals surface area (Å²) in [6.07, 6.45) is 1.77. The van der Waals surface area contributed by atoms with Gasteiger partial charge in [0.1, 0.15) is 5.76 Å². The number of rotatable bonds is 6. The number of hydrogen-bond donors (Lipinski definition) is 2. The van der Waals surface area contributed by atoms with Crippen LogP contribution in [0.1, 0.15) is 22.7 Å². The van der Waals surface area contributed by atoms with E-state index >= 15 is 0 Å². The zero-order valence-electron chi connectivity index (χ0n) is 16.0. The van der Waals surface area contributed by atoms with Gasteiger partial charge in [-0.05, 0) is 39.1 Å². The Balaban J connectivity index is 1.50. The van der Waals surface area contributed by atoms with Crippen molar-refractivity contribution < 1.29 is 9.26 Å². The third-order valence-electron chi connectivity index (χ3n) is 4.50. The molecule has 1 fully saturated rings. The molecule has 2 aromatic rings. The Morgan fingerprint density at radius 2 is 2.07 bits per heavy atom. The van der Waals surface area contributed by atoms with Crippen molar-refractivity contribution in [2.24, 2.45) is 5.10 Å². The number of aromatic nitrogens is 2. The van der Waals surface area contributed by atoms with Crippen molar-refractivity contribution in [1.29, 1.82) is 0 Å². The molecule has 1 aliphatic heterocycles. The van der Waals surface area contributed by atoms with Crippen LogP contribution < -0.4 is 10.7 Å². The second-order valence-corrected chi connectivity index (χ2v) is 6.95. The first kappa shape index (κ1) is 19.5. The van der Waals surface area contributed by atoms with Crippen LogP contribution in [0.25, 0.3) is 5.82 Å². The van der Waals surface area contributed by atoms with Crippen LogP contribution >= 0.6 is 12.2 Å². The average molecular weight is 391 g/mol.